The van der Waals surface area contributed by atoms with Crippen LogP contribution in [0.15, 0.2) is 24.2 Å². The molecular weight excluding hydrogens is 366 g/mol. The first-order valence-corrected chi connectivity index (χ1v) is 11.6. The van der Waals surface area contributed by atoms with E-state index < -0.39 is 15.2 Å². The molecule has 0 amide bonds. The maximum Gasteiger partial charge on any atom is 0.395 e. The molecule has 0 aromatic rings. The highest BCUT2D eigenvalue weighted by Gasteiger charge is 2.36. The monoisotopic (exact) mass is 400 g/mol. The largest absolute Gasteiger partial charge is 0.441 e. The van der Waals surface area contributed by atoms with Gasteiger partial charge in [0.25, 0.3) is 0 Å². The molecule has 0 fully saturated rings. The Bertz CT molecular complexity index is 415. The van der Waals surface area contributed by atoms with Gasteiger partial charge in [-0.2, -0.15) is 0 Å². The zero-order valence-electron chi connectivity index (χ0n) is 16.4. The van der Waals surface area contributed by atoms with Crippen LogP contribution < -0.4 is 0 Å². The smallest absolute Gasteiger partial charge is 0.395 e. The second-order valence-corrected chi connectivity index (χ2v) is 8.58. The molecule has 0 saturated carbocycles. The van der Waals surface area contributed by atoms with Crippen molar-refractivity contribution in [1.29, 1.82) is 0 Å². The lowest BCUT2D eigenvalue weighted by Crippen LogP contribution is -2.04. The molecule has 0 rings (SSSR count). The Morgan fingerprint density at radius 2 is 0.880 bits per heavy atom. The predicted octanol–water partition coefficient (Wildman–Crippen LogP) is 6.28. The van der Waals surface area contributed by atoms with Crippen molar-refractivity contribution >= 4 is 15.2 Å². The van der Waals surface area contributed by atoms with Gasteiger partial charge in [-0.25, -0.2) is 0 Å². The van der Waals surface area contributed by atoms with Crippen LogP contribution in [-0.2, 0) is 32.0 Å². The third-order valence-corrected chi connectivity index (χ3v) is 6.34. The molecule has 7 nitrogen and oxygen atoms in total. The van der Waals surface area contributed by atoms with E-state index in [1.54, 1.807) is 27.7 Å². The van der Waals surface area contributed by atoms with Gasteiger partial charge in [0.1, 0.15) is 0 Å². The summed E-state index contributed by atoms with van der Waals surface area (Å²) in [7, 11) is -7.36. The number of unbranched alkanes of at least 4 members (excludes halogenated alkanes) is 1. The molecule has 25 heavy (non-hydrogen) atoms. The summed E-state index contributed by atoms with van der Waals surface area (Å²) in [4.78, 5) is 0. The van der Waals surface area contributed by atoms with E-state index in [0.29, 0.717) is 0 Å². The van der Waals surface area contributed by atoms with Crippen molar-refractivity contribution in [3.63, 3.8) is 0 Å². The molecule has 0 atom stereocenters. The van der Waals surface area contributed by atoms with Crippen molar-refractivity contribution in [2.45, 2.75) is 54.4 Å². The third-order valence-electron chi connectivity index (χ3n) is 2.54. The fraction of sp³-hybridized carbons (Fsp3) is 0.750. The van der Waals surface area contributed by atoms with Gasteiger partial charge in [0, 0.05) is 0 Å². The summed E-state index contributed by atoms with van der Waals surface area (Å²) >= 11 is 0. The third kappa shape index (κ3) is 10.3. The molecule has 0 aliphatic heterocycles. The Morgan fingerprint density at radius 1 is 0.640 bits per heavy atom. The number of ether oxygens (including phenoxy) is 1. The van der Waals surface area contributed by atoms with E-state index in [1.165, 1.54) is 12.8 Å². The Hall–Kier alpha value is -0.420. The van der Waals surface area contributed by atoms with Gasteiger partial charge in [-0.15, -0.1) is 0 Å². The average molecular weight is 400 g/mol. The molecule has 0 aliphatic carbocycles. The minimum absolute atomic E-state index is 0.140. The molecule has 0 spiro atoms. The van der Waals surface area contributed by atoms with Crippen LogP contribution in [0.25, 0.3) is 0 Å². The molecule has 0 aliphatic rings. The van der Waals surface area contributed by atoms with E-state index in [4.69, 9.17) is 22.8 Å². The van der Waals surface area contributed by atoms with Crippen LogP contribution in [0.1, 0.15) is 54.4 Å². The minimum atomic E-state index is -3.68. The van der Waals surface area contributed by atoms with E-state index in [-0.39, 0.29) is 37.4 Å². The summed E-state index contributed by atoms with van der Waals surface area (Å²) in [6.45, 7) is 18.5. The fourth-order valence-electron chi connectivity index (χ4n) is 1.29. The highest BCUT2D eigenvalue weighted by Crippen LogP contribution is 2.61. The summed E-state index contributed by atoms with van der Waals surface area (Å²) in [5.74, 6) is 0. The number of hydrogen-bond acceptors (Lipinski definition) is 7. The zero-order chi connectivity index (χ0) is 19.9. The summed E-state index contributed by atoms with van der Waals surface area (Å²) in [5, 5.41) is 0. The Morgan fingerprint density at radius 3 is 1.04 bits per heavy atom. The van der Waals surface area contributed by atoms with Crippen LogP contribution >= 0.6 is 15.2 Å². The van der Waals surface area contributed by atoms with Crippen molar-refractivity contribution < 1.29 is 32.0 Å². The van der Waals surface area contributed by atoms with Gasteiger partial charge in [0.05, 0.1) is 26.4 Å². The molecule has 0 heterocycles. The van der Waals surface area contributed by atoms with E-state index >= 15 is 0 Å². The predicted molar refractivity (Wildman–Crippen MR) is 102 cm³/mol. The highest BCUT2D eigenvalue weighted by atomic mass is 31.2. The molecule has 0 N–H and O–H groups in total. The lowest BCUT2D eigenvalue weighted by Gasteiger charge is -2.23. The molecule has 0 bridgehead atoms. The maximum absolute atomic E-state index is 12.4. The second-order valence-electron chi connectivity index (χ2n) is 4.56. The SMILES string of the molecule is C=C(OC(=C)P(=O)(OCC)OCC)P(=O)(OCC)OCC.CCCC. The van der Waals surface area contributed by atoms with Crippen molar-refractivity contribution in [1.82, 2.24) is 0 Å². The van der Waals surface area contributed by atoms with Crippen LogP contribution in [0, 0.1) is 0 Å². The summed E-state index contributed by atoms with van der Waals surface area (Å²) in [6.07, 6.45) is 2.64. The van der Waals surface area contributed by atoms with Gasteiger partial charge >= 0.3 is 15.2 Å². The van der Waals surface area contributed by atoms with Gasteiger partial charge in [-0.1, -0.05) is 26.7 Å². The Kier molecular flexibility index (Phi) is 15.8. The van der Waals surface area contributed by atoms with E-state index in [0.717, 1.165) is 0 Å². The Balaban J connectivity index is 0. The van der Waals surface area contributed by atoms with E-state index in [2.05, 4.69) is 27.0 Å². The first-order chi connectivity index (χ1) is 11.7. The lowest BCUT2D eigenvalue weighted by atomic mass is 10.4. The van der Waals surface area contributed by atoms with E-state index in [1.807, 2.05) is 0 Å². The minimum Gasteiger partial charge on any atom is -0.441 e. The van der Waals surface area contributed by atoms with Crippen molar-refractivity contribution in [2.75, 3.05) is 26.4 Å². The van der Waals surface area contributed by atoms with Crippen LogP contribution in [0.2, 0.25) is 0 Å². The Labute approximate surface area is 152 Å². The van der Waals surface area contributed by atoms with Crippen molar-refractivity contribution in [3.05, 3.63) is 24.2 Å². The maximum atomic E-state index is 12.4. The quantitative estimate of drug-likeness (QED) is 0.266. The van der Waals surface area contributed by atoms with Crippen LogP contribution in [0.4, 0.5) is 0 Å². The van der Waals surface area contributed by atoms with Crippen molar-refractivity contribution in [3.8, 4) is 0 Å². The highest BCUT2D eigenvalue weighted by molar-refractivity contribution is 7.59. The van der Waals surface area contributed by atoms with Gasteiger partial charge in [-0.05, 0) is 40.9 Å². The second kappa shape index (κ2) is 14.7. The normalized spacial score (nSPS) is 11.4. The number of hydrogen-bond donors (Lipinski definition) is 0. The van der Waals surface area contributed by atoms with Gasteiger partial charge in [0.2, 0.25) is 11.0 Å². The molecule has 0 aromatic heterocycles. The molecule has 0 radical (unpaired) electrons. The first-order valence-electron chi connectivity index (χ1n) is 8.56. The lowest BCUT2D eigenvalue weighted by molar-refractivity contribution is 0.190. The van der Waals surface area contributed by atoms with Crippen LogP contribution in [-0.4, -0.2) is 26.4 Å². The zero-order valence-corrected chi connectivity index (χ0v) is 18.2. The molecule has 0 saturated heterocycles. The van der Waals surface area contributed by atoms with E-state index in [9.17, 15) is 9.13 Å². The number of rotatable bonds is 13. The first kappa shape index (κ1) is 26.8. The summed E-state index contributed by atoms with van der Waals surface area (Å²) < 4.78 is 50.2. The topological polar surface area (TPSA) is 80.3 Å². The van der Waals surface area contributed by atoms with Gasteiger partial charge < -0.3 is 22.8 Å². The van der Waals surface area contributed by atoms with Crippen LogP contribution in [0.3, 0.4) is 0 Å². The van der Waals surface area contributed by atoms with Crippen LogP contribution in [0.5, 0.6) is 0 Å². The molecule has 0 aromatic carbocycles. The standard InChI is InChI=1S/C12H24O7P2.C4H10/c1-7-15-20(13,16-8-2)11(5)19-12(6)21(14,17-9-3)18-10-4;1-3-4-2/h5-10H2,1-4H3;3-4H2,1-2H3. The molecule has 150 valence electrons. The molecular formula is C16H34O7P2. The summed E-state index contributed by atoms with van der Waals surface area (Å²) in [6, 6.07) is 0. The van der Waals surface area contributed by atoms with Gasteiger partial charge in [0.15, 0.2) is 0 Å². The average Bonchev–Trinajstić information content (AvgIpc) is 2.55. The molecule has 0 unspecified atom stereocenters. The molecule has 9 heteroatoms. The van der Waals surface area contributed by atoms with Gasteiger partial charge in [-0.3, -0.25) is 9.13 Å². The summed E-state index contributed by atoms with van der Waals surface area (Å²) in [5.41, 5.74) is -0.619. The van der Waals surface area contributed by atoms with Crippen molar-refractivity contribution in [2.24, 2.45) is 0 Å². The fourth-order valence-corrected chi connectivity index (χ4v) is 3.89.